The molecule has 0 spiro atoms. The first-order valence-electron chi connectivity index (χ1n) is 6.90. The van der Waals surface area contributed by atoms with Gasteiger partial charge in [-0.2, -0.15) is 0 Å². The minimum absolute atomic E-state index is 0.161. The number of hydrogen-bond donors (Lipinski definition) is 2. The molecule has 1 aromatic rings. The predicted octanol–water partition coefficient (Wildman–Crippen LogP) is 3.36. The van der Waals surface area contributed by atoms with Crippen molar-refractivity contribution in [3.8, 4) is 0 Å². The van der Waals surface area contributed by atoms with Crippen molar-refractivity contribution in [2.75, 3.05) is 12.3 Å². The molecule has 19 heavy (non-hydrogen) atoms. The number of rotatable bonds is 5. The van der Waals surface area contributed by atoms with Crippen LogP contribution in [0.3, 0.4) is 0 Å². The van der Waals surface area contributed by atoms with Crippen molar-refractivity contribution in [1.82, 2.24) is 5.32 Å². The van der Waals surface area contributed by atoms with Gasteiger partial charge in [-0.25, -0.2) is 4.39 Å². The van der Waals surface area contributed by atoms with Crippen LogP contribution in [0.2, 0.25) is 0 Å². The second kappa shape index (κ2) is 6.73. The first-order valence-corrected chi connectivity index (χ1v) is 7.88. The number of halogens is 1. The average molecular weight is 283 g/mol. The number of hydrogen-bond acceptors (Lipinski definition) is 3. The Bertz CT molecular complexity index is 425. The minimum atomic E-state index is -0.327. The van der Waals surface area contributed by atoms with E-state index >= 15 is 0 Å². The Hall–Kier alpha value is -0.580. The Morgan fingerprint density at radius 1 is 1.47 bits per heavy atom. The lowest BCUT2D eigenvalue weighted by molar-refractivity contribution is 0.142. The van der Waals surface area contributed by atoms with Crippen LogP contribution in [0, 0.1) is 11.7 Å². The molecular weight excluding hydrogens is 261 g/mol. The standard InChI is InChI=1S/C15H22FNOS/c1-10(2)7-12(18)9-17-14-5-6-19-15-4-3-11(16)8-13(14)15/h3-4,8,10,12,14,17-18H,5-7,9H2,1-2H3. The summed E-state index contributed by atoms with van der Waals surface area (Å²) in [5.41, 5.74) is 1.04. The lowest BCUT2D eigenvalue weighted by atomic mass is 10.0. The van der Waals surface area contributed by atoms with E-state index in [0.29, 0.717) is 12.5 Å². The van der Waals surface area contributed by atoms with E-state index in [2.05, 4.69) is 19.2 Å². The molecular formula is C15H22FNOS. The molecule has 106 valence electrons. The molecule has 1 aliphatic rings. The molecule has 0 fully saturated rings. The highest BCUT2D eigenvalue weighted by molar-refractivity contribution is 7.99. The van der Waals surface area contributed by atoms with E-state index in [1.807, 2.05) is 6.07 Å². The maximum Gasteiger partial charge on any atom is 0.123 e. The molecule has 0 saturated carbocycles. The smallest absolute Gasteiger partial charge is 0.123 e. The van der Waals surface area contributed by atoms with Crippen LogP contribution in [0.5, 0.6) is 0 Å². The summed E-state index contributed by atoms with van der Waals surface area (Å²) in [7, 11) is 0. The van der Waals surface area contributed by atoms with Gasteiger partial charge in [0.2, 0.25) is 0 Å². The Morgan fingerprint density at radius 3 is 3.00 bits per heavy atom. The summed E-state index contributed by atoms with van der Waals surface area (Å²) in [6.45, 7) is 4.78. The highest BCUT2D eigenvalue weighted by atomic mass is 32.2. The molecule has 1 aromatic carbocycles. The number of fused-ring (bicyclic) bond motifs is 1. The minimum Gasteiger partial charge on any atom is -0.392 e. The summed E-state index contributed by atoms with van der Waals surface area (Å²) in [5, 5.41) is 13.3. The fourth-order valence-electron chi connectivity index (χ4n) is 2.48. The molecule has 2 rings (SSSR count). The molecule has 0 amide bonds. The van der Waals surface area contributed by atoms with E-state index < -0.39 is 0 Å². The van der Waals surface area contributed by atoms with Gasteiger partial charge in [-0.3, -0.25) is 0 Å². The molecule has 2 nitrogen and oxygen atoms in total. The highest BCUT2D eigenvalue weighted by Gasteiger charge is 2.21. The molecule has 0 bridgehead atoms. The van der Waals surface area contributed by atoms with Gasteiger partial charge in [0.1, 0.15) is 5.82 Å². The van der Waals surface area contributed by atoms with E-state index in [0.717, 1.165) is 29.1 Å². The van der Waals surface area contributed by atoms with Gasteiger partial charge in [-0.15, -0.1) is 11.8 Å². The number of aliphatic hydroxyl groups is 1. The lowest BCUT2D eigenvalue weighted by Crippen LogP contribution is -2.32. The summed E-state index contributed by atoms with van der Waals surface area (Å²) in [4.78, 5) is 1.16. The fraction of sp³-hybridized carbons (Fsp3) is 0.600. The lowest BCUT2D eigenvalue weighted by Gasteiger charge is -2.27. The number of thioether (sulfide) groups is 1. The zero-order chi connectivity index (χ0) is 13.8. The Morgan fingerprint density at radius 2 is 2.26 bits per heavy atom. The van der Waals surface area contributed by atoms with Crippen molar-refractivity contribution in [1.29, 1.82) is 0 Å². The van der Waals surface area contributed by atoms with Gasteiger partial charge < -0.3 is 10.4 Å². The molecule has 0 aliphatic carbocycles. The molecule has 2 N–H and O–H groups in total. The van der Waals surface area contributed by atoms with Gasteiger partial charge in [0, 0.05) is 17.5 Å². The Kier molecular flexibility index (Phi) is 5.25. The van der Waals surface area contributed by atoms with Crippen LogP contribution in [0.4, 0.5) is 4.39 Å². The maximum absolute atomic E-state index is 13.4. The quantitative estimate of drug-likeness (QED) is 0.869. The summed E-state index contributed by atoms with van der Waals surface area (Å²) < 4.78 is 13.4. The summed E-state index contributed by atoms with van der Waals surface area (Å²) in [6.07, 6.45) is 1.45. The third kappa shape index (κ3) is 4.20. The highest BCUT2D eigenvalue weighted by Crippen LogP contribution is 2.36. The summed E-state index contributed by atoms with van der Waals surface area (Å²) in [6, 6.07) is 5.15. The summed E-state index contributed by atoms with van der Waals surface area (Å²) in [5.74, 6) is 1.34. The predicted molar refractivity (Wildman–Crippen MR) is 77.9 cm³/mol. The van der Waals surface area contributed by atoms with Crippen LogP contribution < -0.4 is 5.32 Å². The van der Waals surface area contributed by atoms with Crippen LogP contribution in [0.1, 0.15) is 38.3 Å². The topological polar surface area (TPSA) is 32.3 Å². The average Bonchev–Trinajstić information content (AvgIpc) is 2.35. The normalized spacial score (nSPS) is 20.4. The number of benzene rings is 1. The molecule has 1 aliphatic heterocycles. The van der Waals surface area contributed by atoms with E-state index in [-0.39, 0.29) is 18.0 Å². The molecule has 0 aromatic heterocycles. The van der Waals surface area contributed by atoms with E-state index in [1.165, 1.54) is 6.07 Å². The number of aliphatic hydroxyl groups excluding tert-OH is 1. The van der Waals surface area contributed by atoms with Crippen molar-refractivity contribution < 1.29 is 9.50 Å². The van der Waals surface area contributed by atoms with Crippen LogP contribution in [-0.2, 0) is 0 Å². The SMILES string of the molecule is CC(C)CC(O)CNC1CCSc2ccc(F)cc21. The van der Waals surface area contributed by atoms with Gasteiger partial charge in [0.25, 0.3) is 0 Å². The maximum atomic E-state index is 13.4. The van der Waals surface area contributed by atoms with Gasteiger partial charge in [-0.05, 0) is 48.3 Å². The second-order valence-corrected chi connectivity index (χ2v) is 6.70. The summed E-state index contributed by atoms with van der Waals surface area (Å²) >= 11 is 1.78. The van der Waals surface area contributed by atoms with E-state index in [9.17, 15) is 9.50 Å². The van der Waals surface area contributed by atoms with Gasteiger partial charge in [0.05, 0.1) is 6.10 Å². The van der Waals surface area contributed by atoms with Gasteiger partial charge >= 0.3 is 0 Å². The van der Waals surface area contributed by atoms with Crippen molar-refractivity contribution in [3.05, 3.63) is 29.6 Å². The van der Waals surface area contributed by atoms with Crippen molar-refractivity contribution >= 4 is 11.8 Å². The largest absolute Gasteiger partial charge is 0.392 e. The van der Waals surface area contributed by atoms with Gasteiger partial charge in [-0.1, -0.05) is 13.8 Å². The van der Waals surface area contributed by atoms with Crippen molar-refractivity contribution in [3.63, 3.8) is 0 Å². The van der Waals surface area contributed by atoms with Crippen molar-refractivity contribution in [2.24, 2.45) is 5.92 Å². The monoisotopic (exact) mass is 283 g/mol. The van der Waals surface area contributed by atoms with Crippen molar-refractivity contribution in [2.45, 2.75) is 43.7 Å². The van der Waals surface area contributed by atoms with E-state index in [4.69, 9.17) is 0 Å². The molecule has 2 unspecified atom stereocenters. The Balaban J connectivity index is 1.97. The van der Waals surface area contributed by atoms with E-state index in [1.54, 1.807) is 17.8 Å². The van der Waals surface area contributed by atoms with Crippen LogP contribution in [0.25, 0.3) is 0 Å². The molecule has 4 heteroatoms. The zero-order valence-corrected chi connectivity index (χ0v) is 12.3. The third-order valence-corrected chi connectivity index (χ3v) is 4.48. The van der Waals surface area contributed by atoms with Gasteiger partial charge in [0.15, 0.2) is 0 Å². The molecule has 0 saturated heterocycles. The fourth-order valence-corrected chi connectivity index (χ4v) is 3.59. The van der Waals surface area contributed by atoms with Crippen LogP contribution in [0.15, 0.2) is 23.1 Å². The first-order chi connectivity index (χ1) is 9.06. The first kappa shape index (κ1) is 14.8. The number of nitrogens with one attached hydrogen (secondary N) is 1. The second-order valence-electron chi connectivity index (χ2n) is 5.56. The Labute approximate surface area is 118 Å². The third-order valence-electron chi connectivity index (χ3n) is 3.35. The van der Waals surface area contributed by atoms with Crippen LogP contribution >= 0.6 is 11.8 Å². The molecule has 2 atom stereocenters. The molecule has 1 heterocycles. The zero-order valence-electron chi connectivity index (χ0n) is 11.5. The molecule has 0 radical (unpaired) electrons. The van der Waals surface area contributed by atoms with Crippen LogP contribution in [-0.4, -0.2) is 23.5 Å².